The zero-order chi connectivity index (χ0) is 18.5. The molecule has 4 aromatic rings. The van der Waals surface area contributed by atoms with Gasteiger partial charge in [-0.3, -0.25) is 9.78 Å². The van der Waals surface area contributed by atoms with E-state index in [1.54, 1.807) is 12.4 Å². The molecule has 0 saturated heterocycles. The van der Waals surface area contributed by atoms with Crippen LogP contribution in [0.3, 0.4) is 0 Å². The third kappa shape index (κ3) is 4.10. The van der Waals surface area contributed by atoms with Crippen molar-refractivity contribution in [3.05, 3.63) is 90.2 Å². The number of pyridine rings is 1. The summed E-state index contributed by atoms with van der Waals surface area (Å²) in [4.78, 5) is 21.2. The summed E-state index contributed by atoms with van der Waals surface area (Å²) in [5.41, 5.74) is 4.59. The van der Waals surface area contributed by atoms with Crippen LogP contribution in [-0.2, 0) is 11.2 Å². The van der Waals surface area contributed by atoms with E-state index in [1.165, 1.54) is 11.3 Å². The van der Waals surface area contributed by atoms with E-state index in [9.17, 15) is 4.79 Å². The molecule has 0 fully saturated rings. The molecule has 0 aliphatic rings. The molecule has 0 aliphatic carbocycles. The van der Waals surface area contributed by atoms with Crippen molar-refractivity contribution in [2.24, 2.45) is 0 Å². The Balaban J connectivity index is 1.49. The summed E-state index contributed by atoms with van der Waals surface area (Å²) in [5, 5.41) is 5.81. The van der Waals surface area contributed by atoms with Crippen molar-refractivity contribution in [3.63, 3.8) is 0 Å². The number of carbonyl (C=O) groups excluding carboxylic acids is 1. The van der Waals surface area contributed by atoms with Crippen LogP contribution in [0.5, 0.6) is 0 Å². The summed E-state index contributed by atoms with van der Waals surface area (Å²) in [6.45, 7) is 0. The van der Waals surface area contributed by atoms with Gasteiger partial charge in [-0.25, -0.2) is 4.98 Å². The van der Waals surface area contributed by atoms with Crippen LogP contribution in [0.2, 0.25) is 0 Å². The third-order valence-electron chi connectivity index (χ3n) is 4.09. The van der Waals surface area contributed by atoms with E-state index in [4.69, 9.17) is 0 Å². The summed E-state index contributed by atoms with van der Waals surface area (Å²) in [6, 6.07) is 21.7. The minimum absolute atomic E-state index is 0.0820. The Labute approximate surface area is 161 Å². The smallest absolute Gasteiger partial charge is 0.230 e. The molecular formula is C22H17N3OS. The van der Waals surface area contributed by atoms with Gasteiger partial charge in [-0.05, 0) is 23.8 Å². The Hall–Kier alpha value is -3.31. The highest BCUT2D eigenvalue weighted by atomic mass is 32.1. The quantitative estimate of drug-likeness (QED) is 0.534. The van der Waals surface area contributed by atoms with Crippen molar-refractivity contribution in [1.29, 1.82) is 0 Å². The largest absolute Gasteiger partial charge is 0.325 e. The summed E-state index contributed by atoms with van der Waals surface area (Å²) >= 11 is 1.52. The predicted molar refractivity (Wildman–Crippen MR) is 110 cm³/mol. The molecule has 0 atom stereocenters. The Morgan fingerprint density at radius 1 is 0.926 bits per heavy atom. The predicted octanol–water partition coefficient (Wildman–Crippen LogP) is 5.05. The SMILES string of the molecule is O=C(Cc1csc(-c2cccnc2)n1)Nc1ccccc1-c1ccccc1. The lowest BCUT2D eigenvalue weighted by Gasteiger charge is -2.11. The van der Waals surface area contributed by atoms with Crippen molar-refractivity contribution in [1.82, 2.24) is 9.97 Å². The molecule has 0 radical (unpaired) electrons. The maximum Gasteiger partial charge on any atom is 0.230 e. The van der Waals surface area contributed by atoms with Crippen molar-refractivity contribution < 1.29 is 4.79 Å². The number of nitrogens with one attached hydrogen (secondary N) is 1. The van der Waals surface area contributed by atoms with Crippen LogP contribution in [0.4, 0.5) is 5.69 Å². The van der Waals surface area contributed by atoms with E-state index >= 15 is 0 Å². The number of carbonyl (C=O) groups is 1. The van der Waals surface area contributed by atoms with Crippen molar-refractivity contribution in [3.8, 4) is 21.7 Å². The first kappa shape index (κ1) is 17.1. The van der Waals surface area contributed by atoms with E-state index < -0.39 is 0 Å². The highest BCUT2D eigenvalue weighted by Gasteiger charge is 2.11. The van der Waals surface area contributed by atoms with Gasteiger partial charge >= 0.3 is 0 Å². The van der Waals surface area contributed by atoms with E-state index in [2.05, 4.69) is 15.3 Å². The molecule has 2 heterocycles. The molecular weight excluding hydrogens is 354 g/mol. The summed E-state index contributed by atoms with van der Waals surface area (Å²) in [7, 11) is 0. The summed E-state index contributed by atoms with van der Waals surface area (Å²) in [5.74, 6) is -0.0820. The second-order valence-corrected chi connectivity index (χ2v) is 6.88. The normalized spacial score (nSPS) is 10.5. The van der Waals surface area contributed by atoms with Crippen molar-refractivity contribution in [2.45, 2.75) is 6.42 Å². The molecule has 27 heavy (non-hydrogen) atoms. The second-order valence-electron chi connectivity index (χ2n) is 6.02. The second kappa shape index (κ2) is 7.93. The minimum atomic E-state index is -0.0820. The minimum Gasteiger partial charge on any atom is -0.325 e. The number of benzene rings is 2. The Kier molecular flexibility index (Phi) is 5.03. The highest BCUT2D eigenvalue weighted by molar-refractivity contribution is 7.13. The van der Waals surface area contributed by atoms with Crippen LogP contribution in [0, 0.1) is 0 Å². The van der Waals surface area contributed by atoms with Gasteiger partial charge in [0.2, 0.25) is 5.91 Å². The lowest BCUT2D eigenvalue weighted by atomic mass is 10.0. The average molecular weight is 371 g/mol. The molecule has 4 nitrogen and oxygen atoms in total. The summed E-state index contributed by atoms with van der Waals surface area (Å²) in [6.07, 6.45) is 3.74. The van der Waals surface area contributed by atoms with Crippen molar-refractivity contribution in [2.75, 3.05) is 5.32 Å². The van der Waals surface area contributed by atoms with Crippen LogP contribution in [-0.4, -0.2) is 15.9 Å². The number of anilines is 1. The van der Waals surface area contributed by atoms with E-state index in [-0.39, 0.29) is 12.3 Å². The highest BCUT2D eigenvalue weighted by Crippen LogP contribution is 2.28. The summed E-state index contributed by atoms with van der Waals surface area (Å²) < 4.78 is 0. The Morgan fingerprint density at radius 3 is 2.52 bits per heavy atom. The molecule has 0 saturated carbocycles. The van der Waals surface area contributed by atoms with Crippen LogP contribution in [0.25, 0.3) is 21.7 Å². The molecule has 2 aromatic carbocycles. The number of aromatic nitrogens is 2. The van der Waals surface area contributed by atoms with Gasteiger partial charge in [-0.15, -0.1) is 11.3 Å². The number of amides is 1. The van der Waals surface area contributed by atoms with Gasteiger partial charge < -0.3 is 5.32 Å². The van der Waals surface area contributed by atoms with Crippen LogP contribution in [0.1, 0.15) is 5.69 Å². The Morgan fingerprint density at radius 2 is 1.70 bits per heavy atom. The van der Waals surface area contributed by atoms with Gasteiger partial charge in [-0.2, -0.15) is 0 Å². The molecule has 1 N–H and O–H groups in total. The first-order valence-electron chi connectivity index (χ1n) is 8.59. The van der Waals surface area contributed by atoms with Crippen LogP contribution >= 0.6 is 11.3 Å². The number of hydrogen-bond donors (Lipinski definition) is 1. The first-order valence-corrected chi connectivity index (χ1v) is 9.47. The van der Waals surface area contributed by atoms with Crippen LogP contribution in [0.15, 0.2) is 84.5 Å². The zero-order valence-electron chi connectivity index (χ0n) is 14.5. The standard InChI is InChI=1S/C22H17N3OS/c26-21(13-18-15-27-22(24-18)17-9-6-12-23-14-17)25-20-11-5-4-10-19(20)16-7-2-1-3-8-16/h1-12,14-15H,13H2,(H,25,26). The molecule has 0 spiro atoms. The lowest BCUT2D eigenvalue weighted by Crippen LogP contribution is -2.15. The van der Waals surface area contributed by atoms with E-state index in [0.717, 1.165) is 33.1 Å². The van der Waals surface area contributed by atoms with Gasteiger partial charge in [0, 0.05) is 34.6 Å². The number of thiazole rings is 1. The molecule has 1 amide bonds. The zero-order valence-corrected chi connectivity index (χ0v) is 15.3. The number of hydrogen-bond acceptors (Lipinski definition) is 4. The van der Waals surface area contributed by atoms with Gasteiger partial charge in [-0.1, -0.05) is 48.5 Å². The molecule has 4 rings (SSSR count). The van der Waals surface area contributed by atoms with Gasteiger partial charge in [0.1, 0.15) is 5.01 Å². The number of para-hydroxylation sites is 1. The molecule has 5 heteroatoms. The Bertz CT molecular complexity index is 1050. The van der Waals surface area contributed by atoms with Crippen LogP contribution < -0.4 is 5.32 Å². The molecule has 0 aliphatic heterocycles. The molecule has 132 valence electrons. The monoisotopic (exact) mass is 371 g/mol. The molecule has 2 aromatic heterocycles. The fourth-order valence-corrected chi connectivity index (χ4v) is 3.64. The van der Waals surface area contributed by atoms with E-state index in [0.29, 0.717) is 0 Å². The van der Waals surface area contributed by atoms with Gasteiger partial charge in [0.05, 0.1) is 12.1 Å². The number of rotatable bonds is 5. The van der Waals surface area contributed by atoms with E-state index in [1.807, 2.05) is 72.1 Å². The van der Waals surface area contributed by atoms with Gasteiger partial charge in [0.25, 0.3) is 0 Å². The first-order chi connectivity index (χ1) is 13.3. The molecule has 0 bridgehead atoms. The fraction of sp³-hybridized carbons (Fsp3) is 0.0455. The number of nitrogens with zero attached hydrogens (tertiary/aromatic N) is 2. The fourth-order valence-electron chi connectivity index (χ4n) is 2.83. The maximum absolute atomic E-state index is 12.6. The topological polar surface area (TPSA) is 54.9 Å². The third-order valence-corrected chi connectivity index (χ3v) is 5.03. The lowest BCUT2D eigenvalue weighted by molar-refractivity contribution is -0.115. The van der Waals surface area contributed by atoms with Gasteiger partial charge in [0.15, 0.2) is 0 Å². The maximum atomic E-state index is 12.6. The van der Waals surface area contributed by atoms with Crippen molar-refractivity contribution >= 4 is 22.9 Å². The average Bonchev–Trinajstić information content (AvgIpc) is 3.18. The molecule has 0 unspecified atom stereocenters.